The van der Waals surface area contributed by atoms with Crippen LogP contribution in [0.25, 0.3) is 6.08 Å². The monoisotopic (exact) mass is 510 g/mol. The summed E-state index contributed by atoms with van der Waals surface area (Å²) in [5, 5.41) is 0.626. The first-order valence-electron chi connectivity index (χ1n) is 11.3. The van der Waals surface area contributed by atoms with Crippen LogP contribution in [0.2, 0.25) is 5.02 Å². The SMILES string of the molecule is COCCOC(=O)C1=C(C)N=c2sc(=Cc3ccc(Cl)cc3)c(=O)n2C1c1ccc(C(C)C)cc1. The molecule has 0 saturated carbocycles. The number of hydrogen-bond donors (Lipinski definition) is 0. The highest BCUT2D eigenvalue weighted by Gasteiger charge is 2.33. The van der Waals surface area contributed by atoms with Gasteiger partial charge in [-0.05, 0) is 47.7 Å². The molecule has 4 rings (SSSR count). The fourth-order valence-electron chi connectivity index (χ4n) is 3.97. The van der Waals surface area contributed by atoms with Gasteiger partial charge in [-0.15, -0.1) is 0 Å². The smallest absolute Gasteiger partial charge is 0.338 e. The maximum absolute atomic E-state index is 13.6. The zero-order valence-corrected chi connectivity index (χ0v) is 21.7. The van der Waals surface area contributed by atoms with E-state index in [1.54, 1.807) is 30.7 Å². The molecule has 6 nitrogen and oxygen atoms in total. The molecule has 1 atom stereocenters. The van der Waals surface area contributed by atoms with E-state index >= 15 is 0 Å². The molecule has 1 unspecified atom stereocenters. The number of halogens is 1. The number of hydrogen-bond acceptors (Lipinski definition) is 6. The van der Waals surface area contributed by atoms with E-state index < -0.39 is 12.0 Å². The molecule has 2 aromatic carbocycles. The van der Waals surface area contributed by atoms with Crippen LogP contribution in [-0.2, 0) is 14.3 Å². The summed E-state index contributed by atoms with van der Waals surface area (Å²) in [6.07, 6.45) is 1.81. The van der Waals surface area contributed by atoms with Crippen molar-refractivity contribution in [3.8, 4) is 0 Å². The Morgan fingerprint density at radius 1 is 1.14 bits per heavy atom. The maximum atomic E-state index is 13.6. The largest absolute Gasteiger partial charge is 0.460 e. The second-order valence-corrected chi connectivity index (χ2v) is 10.0. The lowest BCUT2D eigenvalue weighted by Gasteiger charge is -2.25. The summed E-state index contributed by atoms with van der Waals surface area (Å²) in [5.41, 5.74) is 3.52. The highest BCUT2D eigenvalue weighted by molar-refractivity contribution is 7.07. The number of benzene rings is 2. The highest BCUT2D eigenvalue weighted by atomic mass is 35.5. The number of aromatic nitrogens is 1. The van der Waals surface area contributed by atoms with Gasteiger partial charge >= 0.3 is 5.97 Å². The van der Waals surface area contributed by atoms with Crippen molar-refractivity contribution in [1.29, 1.82) is 0 Å². The lowest BCUT2D eigenvalue weighted by atomic mass is 9.93. The maximum Gasteiger partial charge on any atom is 0.338 e. The summed E-state index contributed by atoms with van der Waals surface area (Å²) in [5.74, 6) is -0.144. The number of carbonyl (C=O) groups excluding carboxylic acids is 1. The van der Waals surface area contributed by atoms with Crippen LogP contribution in [0.1, 0.15) is 49.4 Å². The molecule has 0 bridgehead atoms. The summed E-state index contributed by atoms with van der Waals surface area (Å²) < 4.78 is 12.6. The van der Waals surface area contributed by atoms with E-state index in [2.05, 4.69) is 18.8 Å². The third-order valence-corrected chi connectivity index (χ3v) is 7.08. The standard InChI is InChI=1S/C27H27ClN2O4S/c1-16(2)19-7-9-20(10-8-19)24-23(26(32)34-14-13-33-4)17(3)29-27-30(24)25(31)22(35-27)15-18-5-11-21(28)12-6-18/h5-12,15-16,24H,13-14H2,1-4H3. The molecule has 0 spiro atoms. The normalized spacial score (nSPS) is 15.8. The Kier molecular flexibility index (Phi) is 7.69. The fraction of sp³-hybridized carbons (Fsp3) is 0.296. The number of methoxy groups -OCH3 is 1. The van der Waals surface area contributed by atoms with E-state index in [9.17, 15) is 9.59 Å². The van der Waals surface area contributed by atoms with Crippen molar-refractivity contribution in [3.05, 3.63) is 101 Å². The quantitative estimate of drug-likeness (QED) is 0.353. The molecule has 1 aliphatic heterocycles. The van der Waals surface area contributed by atoms with Gasteiger partial charge in [0.25, 0.3) is 5.56 Å². The second kappa shape index (κ2) is 10.7. The van der Waals surface area contributed by atoms with Crippen LogP contribution in [0.15, 0.2) is 69.6 Å². The minimum Gasteiger partial charge on any atom is -0.460 e. The van der Waals surface area contributed by atoms with Gasteiger partial charge in [-0.25, -0.2) is 9.79 Å². The van der Waals surface area contributed by atoms with Crippen molar-refractivity contribution in [2.24, 2.45) is 4.99 Å². The minimum atomic E-state index is -0.644. The van der Waals surface area contributed by atoms with E-state index in [1.807, 2.05) is 42.5 Å². The molecule has 0 aliphatic carbocycles. The van der Waals surface area contributed by atoms with Crippen LogP contribution in [0.5, 0.6) is 0 Å². The topological polar surface area (TPSA) is 69.9 Å². The van der Waals surface area contributed by atoms with Crippen LogP contribution in [0.3, 0.4) is 0 Å². The van der Waals surface area contributed by atoms with Crippen molar-refractivity contribution < 1.29 is 14.3 Å². The molecule has 1 aliphatic rings. The lowest BCUT2D eigenvalue weighted by Crippen LogP contribution is -2.40. The van der Waals surface area contributed by atoms with Crippen molar-refractivity contribution >= 4 is 35.0 Å². The Labute approximate surface area is 212 Å². The van der Waals surface area contributed by atoms with Crippen LogP contribution < -0.4 is 14.9 Å². The first-order chi connectivity index (χ1) is 16.8. The predicted molar refractivity (Wildman–Crippen MR) is 139 cm³/mol. The predicted octanol–water partition coefficient (Wildman–Crippen LogP) is 4.20. The van der Waals surface area contributed by atoms with E-state index in [-0.39, 0.29) is 18.8 Å². The number of ether oxygens (including phenoxy) is 2. The van der Waals surface area contributed by atoms with Crippen molar-refractivity contribution in [2.45, 2.75) is 32.7 Å². The molecule has 0 radical (unpaired) electrons. The van der Waals surface area contributed by atoms with E-state index in [0.29, 0.717) is 31.5 Å². The molecular formula is C27H27ClN2O4S. The number of allylic oxidation sites excluding steroid dienone is 1. The summed E-state index contributed by atoms with van der Waals surface area (Å²) >= 11 is 7.30. The number of nitrogens with zero attached hydrogens (tertiary/aromatic N) is 2. The Hall–Kier alpha value is -3.00. The van der Waals surface area contributed by atoms with Crippen LogP contribution in [0, 0.1) is 0 Å². The average molecular weight is 511 g/mol. The molecule has 0 fully saturated rings. The van der Waals surface area contributed by atoms with Crippen LogP contribution in [0.4, 0.5) is 0 Å². The van der Waals surface area contributed by atoms with Crippen LogP contribution in [-0.4, -0.2) is 30.9 Å². The molecule has 35 heavy (non-hydrogen) atoms. The summed E-state index contributed by atoms with van der Waals surface area (Å²) in [7, 11) is 1.54. The van der Waals surface area contributed by atoms with E-state index in [4.69, 9.17) is 21.1 Å². The molecule has 3 aromatic rings. The Balaban J connectivity index is 1.87. The van der Waals surface area contributed by atoms with E-state index in [1.165, 1.54) is 16.9 Å². The van der Waals surface area contributed by atoms with Gasteiger partial charge in [0.1, 0.15) is 6.61 Å². The Bertz CT molecular complexity index is 1430. The number of esters is 1. The van der Waals surface area contributed by atoms with Gasteiger partial charge in [0.2, 0.25) is 0 Å². The van der Waals surface area contributed by atoms with Crippen molar-refractivity contribution in [2.75, 3.05) is 20.3 Å². The third kappa shape index (κ3) is 5.32. The molecule has 0 saturated heterocycles. The average Bonchev–Trinajstić information content (AvgIpc) is 3.14. The summed E-state index contributed by atoms with van der Waals surface area (Å²) in [4.78, 5) is 32.0. The number of fused-ring (bicyclic) bond motifs is 1. The van der Waals surface area contributed by atoms with Crippen LogP contribution >= 0.6 is 22.9 Å². The van der Waals surface area contributed by atoms with Gasteiger partial charge in [-0.1, -0.05) is 73.2 Å². The Morgan fingerprint density at radius 3 is 2.46 bits per heavy atom. The first-order valence-corrected chi connectivity index (χ1v) is 12.5. The highest BCUT2D eigenvalue weighted by Crippen LogP contribution is 2.31. The zero-order chi connectivity index (χ0) is 25.1. The summed E-state index contributed by atoms with van der Waals surface area (Å²) in [6.45, 7) is 6.42. The Morgan fingerprint density at radius 2 is 1.83 bits per heavy atom. The first kappa shape index (κ1) is 25.1. The molecule has 0 N–H and O–H groups in total. The van der Waals surface area contributed by atoms with E-state index in [0.717, 1.165) is 11.1 Å². The number of rotatable bonds is 7. The number of carbonyl (C=O) groups is 1. The van der Waals surface area contributed by atoms with Gasteiger partial charge in [-0.3, -0.25) is 9.36 Å². The fourth-order valence-corrected chi connectivity index (χ4v) is 5.14. The third-order valence-electron chi connectivity index (χ3n) is 5.85. The second-order valence-electron chi connectivity index (χ2n) is 8.58. The molecule has 2 heterocycles. The molecule has 0 amide bonds. The van der Waals surface area contributed by atoms with Gasteiger partial charge in [0.15, 0.2) is 4.80 Å². The number of thiazole rings is 1. The molecular weight excluding hydrogens is 484 g/mol. The van der Waals surface area contributed by atoms with Crippen molar-refractivity contribution in [3.63, 3.8) is 0 Å². The minimum absolute atomic E-state index is 0.117. The molecule has 1 aromatic heterocycles. The van der Waals surface area contributed by atoms with Gasteiger partial charge < -0.3 is 9.47 Å². The zero-order valence-electron chi connectivity index (χ0n) is 20.1. The molecule has 182 valence electrons. The van der Waals surface area contributed by atoms with Crippen molar-refractivity contribution in [1.82, 2.24) is 4.57 Å². The van der Waals surface area contributed by atoms with Gasteiger partial charge in [-0.2, -0.15) is 0 Å². The summed E-state index contributed by atoms with van der Waals surface area (Å²) in [6, 6.07) is 14.6. The van der Waals surface area contributed by atoms with Gasteiger partial charge in [0.05, 0.1) is 28.5 Å². The van der Waals surface area contributed by atoms with Gasteiger partial charge in [0, 0.05) is 12.1 Å². The lowest BCUT2D eigenvalue weighted by molar-refractivity contribution is -0.140. The molecule has 8 heteroatoms.